The van der Waals surface area contributed by atoms with Gasteiger partial charge in [-0.05, 0) is 43.4 Å². The van der Waals surface area contributed by atoms with Gasteiger partial charge >= 0.3 is 0 Å². The van der Waals surface area contributed by atoms with Crippen molar-refractivity contribution in [3.05, 3.63) is 28.8 Å². The number of hydrogen-bond donors (Lipinski definition) is 2. The molecule has 2 rings (SSSR count). The number of anilines is 1. The van der Waals surface area contributed by atoms with Crippen LogP contribution in [0.1, 0.15) is 18.4 Å². The lowest BCUT2D eigenvalue weighted by Gasteiger charge is -2.26. The Morgan fingerprint density at radius 1 is 1.45 bits per heavy atom. The van der Waals surface area contributed by atoms with Crippen molar-refractivity contribution in [3.63, 3.8) is 0 Å². The monoisotopic (exact) mass is 318 g/mol. The number of aryl methyl sites for hydroxylation is 1. The van der Waals surface area contributed by atoms with Crippen molar-refractivity contribution < 1.29 is 9.53 Å². The summed E-state index contributed by atoms with van der Waals surface area (Å²) in [5.74, 6) is -0.00405. The molecule has 1 aliphatic heterocycles. The Bertz CT molecular complexity index is 462. The van der Waals surface area contributed by atoms with Gasteiger partial charge in [0.15, 0.2) is 0 Å². The van der Waals surface area contributed by atoms with Crippen molar-refractivity contribution in [2.75, 3.05) is 18.5 Å². The van der Waals surface area contributed by atoms with Crippen LogP contribution in [0.15, 0.2) is 18.2 Å². The normalized spacial score (nSPS) is 17.1. The van der Waals surface area contributed by atoms with Gasteiger partial charge in [0.1, 0.15) is 0 Å². The predicted molar refractivity (Wildman–Crippen MR) is 83.6 cm³/mol. The summed E-state index contributed by atoms with van der Waals surface area (Å²) < 4.78 is 5.27. The Morgan fingerprint density at radius 2 is 2.10 bits per heavy atom. The molecule has 0 saturated carbocycles. The average Bonchev–Trinajstić information content (AvgIpc) is 2.42. The molecule has 1 amide bonds. The first-order valence-corrected chi connectivity index (χ1v) is 6.86. The molecule has 0 radical (unpaired) electrons. The number of rotatable bonds is 3. The second kappa shape index (κ2) is 7.84. The lowest BCUT2D eigenvalue weighted by Crippen LogP contribution is -2.44. The topological polar surface area (TPSA) is 64.4 Å². The molecule has 1 fully saturated rings. The van der Waals surface area contributed by atoms with E-state index >= 15 is 0 Å². The summed E-state index contributed by atoms with van der Waals surface area (Å²) in [6.07, 6.45) is 1.66. The maximum absolute atomic E-state index is 12.1. The molecule has 0 aromatic heterocycles. The SMILES string of the molecule is Cc1ccc(NC(=O)C(N)C2CCOCC2)c(Cl)c1.Cl. The Kier molecular flexibility index (Phi) is 6.76. The van der Waals surface area contributed by atoms with Crippen molar-refractivity contribution >= 4 is 35.6 Å². The van der Waals surface area contributed by atoms with Crippen molar-refractivity contribution in [1.82, 2.24) is 0 Å². The van der Waals surface area contributed by atoms with E-state index in [-0.39, 0.29) is 24.2 Å². The molecule has 0 spiro atoms. The minimum atomic E-state index is -0.513. The van der Waals surface area contributed by atoms with Gasteiger partial charge in [-0.3, -0.25) is 4.79 Å². The lowest BCUT2D eigenvalue weighted by atomic mass is 9.92. The van der Waals surface area contributed by atoms with Crippen LogP contribution in [0.3, 0.4) is 0 Å². The van der Waals surface area contributed by atoms with Gasteiger partial charge < -0.3 is 15.8 Å². The van der Waals surface area contributed by atoms with Gasteiger partial charge in [0.2, 0.25) is 5.91 Å². The number of amides is 1. The molecule has 112 valence electrons. The van der Waals surface area contributed by atoms with Crippen molar-refractivity contribution in [2.45, 2.75) is 25.8 Å². The molecule has 1 saturated heterocycles. The van der Waals surface area contributed by atoms with E-state index < -0.39 is 6.04 Å². The van der Waals surface area contributed by atoms with Gasteiger partial charge in [0.05, 0.1) is 16.8 Å². The summed E-state index contributed by atoms with van der Waals surface area (Å²) in [6.45, 7) is 3.30. The quantitative estimate of drug-likeness (QED) is 0.900. The number of hydrogen-bond acceptors (Lipinski definition) is 3. The fourth-order valence-electron chi connectivity index (χ4n) is 2.23. The number of halogens is 2. The smallest absolute Gasteiger partial charge is 0.241 e. The van der Waals surface area contributed by atoms with Gasteiger partial charge in [0.25, 0.3) is 0 Å². The third-order valence-electron chi connectivity index (χ3n) is 3.46. The van der Waals surface area contributed by atoms with Crippen molar-refractivity contribution in [2.24, 2.45) is 11.7 Å². The maximum atomic E-state index is 12.1. The van der Waals surface area contributed by atoms with Gasteiger partial charge in [0, 0.05) is 13.2 Å². The number of carbonyl (C=O) groups is 1. The number of nitrogens with one attached hydrogen (secondary N) is 1. The van der Waals surface area contributed by atoms with Gasteiger partial charge in [-0.1, -0.05) is 17.7 Å². The standard InChI is InChI=1S/C14H19ClN2O2.ClH/c1-9-2-3-12(11(15)8-9)17-14(18)13(16)10-4-6-19-7-5-10;/h2-3,8,10,13H,4-7,16H2,1H3,(H,17,18);1H. The van der Waals surface area contributed by atoms with Crippen LogP contribution in [0.25, 0.3) is 0 Å². The number of nitrogens with two attached hydrogens (primary N) is 1. The van der Waals surface area contributed by atoms with Crippen LogP contribution in [0.2, 0.25) is 5.02 Å². The first kappa shape index (κ1) is 17.2. The fourth-order valence-corrected chi connectivity index (χ4v) is 2.51. The molecule has 0 aliphatic carbocycles. The first-order chi connectivity index (χ1) is 9.08. The molecule has 1 unspecified atom stereocenters. The highest BCUT2D eigenvalue weighted by Gasteiger charge is 2.26. The zero-order valence-corrected chi connectivity index (χ0v) is 13.0. The highest BCUT2D eigenvalue weighted by molar-refractivity contribution is 6.33. The Balaban J connectivity index is 0.00000200. The number of carbonyl (C=O) groups excluding carboxylic acids is 1. The molecule has 6 heteroatoms. The van der Waals surface area contributed by atoms with Crippen molar-refractivity contribution in [3.8, 4) is 0 Å². The molecule has 20 heavy (non-hydrogen) atoms. The molecule has 1 aromatic carbocycles. The molecule has 1 aliphatic rings. The molecule has 3 N–H and O–H groups in total. The van der Waals surface area contributed by atoms with Crippen LogP contribution >= 0.6 is 24.0 Å². The summed E-state index contributed by atoms with van der Waals surface area (Å²) in [5, 5.41) is 3.33. The van der Waals surface area contributed by atoms with E-state index in [1.807, 2.05) is 19.1 Å². The Hall–Kier alpha value is -0.810. The second-order valence-corrected chi connectivity index (χ2v) is 5.36. The Labute approximate surface area is 130 Å². The summed E-state index contributed by atoms with van der Waals surface area (Å²) in [4.78, 5) is 12.1. The number of ether oxygens (including phenoxy) is 1. The third-order valence-corrected chi connectivity index (χ3v) is 3.77. The zero-order valence-electron chi connectivity index (χ0n) is 11.4. The van der Waals surface area contributed by atoms with Crippen LogP contribution in [-0.2, 0) is 9.53 Å². The van der Waals surface area contributed by atoms with Crippen LogP contribution in [-0.4, -0.2) is 25.2 Å². The van der Waals surface area contributed by atoms with E-state index in [4.69, 9.17) is 22.1 Å². The summed E-state index contributed by atoms with van der Waals surface area (Å²) in [7, 11) is 0. The van der Waals surface area contributed by atoms with E-state index in [9.17, 15) is 4.79 Å². The summed E-state index contributed by atoms with van der Waals surface area (Å²) >= 11 is 6.09. The molecule has 0 bridgehead atoms. The minimum absolute atomic E-state index is 0. The predicted octanol–water partition coefficient (Wildman–Crippen LogP) is 2.76. The minimum Gasteiger partial charge on any atom is -0.381 e. The molecule has 1 atom stereocenters. The van der Waals surface area contributed by atoms with Crippen LogP contribution in [0, 0.1) is 12.8 Å². The fraction of sp³-hybridized carbons (Fsp3) is 0.500. The largest absolute Gasteiger partial charge is 0.381 e. The van der Waals surface area contributed by atoms with E-state index in [0.29, 0.717) is 23.9 Å². The van der Waals surface area contributed by atoms with Gasteiger partial charge in [-0.2, -0.15) is 0 Å². The molecule has 4 nitrogen and oxygen atoms in total. The van der Waals surface area contributed by atoms with Crippen molar-refractivity contribution in [1.29, 1.82) is 0 Å². The average molecular weight is 319 g/mol. The zero-order chi connectivity index (χ0) is 13.8. The summed E-state index contributed by atoms with van der Waals surface area (Å²) in [5.41, 5.74) is 7.67. The third kappa shape index (κ3) is 4.35. The lowest BCUT2D eigenvalue weighted by molar-refractivity contribution is -0.119. The van der Waals surface area contributed by atoms with E-state index in [1.54, 1.807) is 6.07 Å². The van der Waals surface area contributed by atoms with E-state index in [0.717, 1.165) is 18.4 Å². The van der Waals surface area contributed by atoms with E-state index in [1.165, 1.54) is 0 Å². The molecular weight excluding hydrogens is 299 g/mol. The van der Waals surface area contributed by atoms with Crippen LogP contribution < -0.4 is 11.1 Å². The maximum Gasteiger partial charge on any atom is 0.241 e. The van der Waals surface area contributed by atoms with Crippen LogP contribution in [0.4, 0.5) is 5.69 Å². The number of benzene rings is 1. The highest BCUT2D eigenvalue weighted by Crippen LogP contribution is 2.24. The highest BCUT2D eigenvalue weighted by atomic mass is 35.5. The molecule has 1 aromatic rings. The first-order valence-electron chi connectivity index (χ1n) is 6.48. The van der Waals surface area contributed by atoms with Gasteiger partial charge in [-0.15, -0.1) is 12.4 Å². The van der Waals surface area contributed by atoms with E-state index in [2.05, 4.69) is 5.32 Å². The van der Waals surface area contributed by atoms with Gasteiger partial charge in [-0.25, -0.2) is 0 Å². The Morgan fingerprint density at radius 3 is 2.70 bits per heavy atom. The second-order valence-electron chi connectivity index (χ2n) is 4.95. The van der Waals surface area contributed by atoms with Crippen LogP contribution in [0.5, 0.6) is 0 Å². The molecule has 1 heterocycles. The summed E-state index contributed by atoms with van der Waals surface area (Å²) in [6, 6.07) is 5.01. The molecular formula is C14H20Cl2N2O2.